The minimum atomic E-state index is -0.165. The summed E-state index contributed by atoms with van der Waals surface area (Å²) in [5.74, 6) is 2.26. The minimum absolute atomic E-state index is 0.0253. The minimum Gasteiger partial charge on any atom is -0.497 e. The van der Waals surface area contributed by atoms with Gasteiger partial charge in [-0.1, -0.05) is 12.1 Å². The molecule has 1 aliphatic heterocycles. The molecule has 3 rings (SSSR count). The number of fused-ring (bicyclic) bond motifs is 1. The van der Waals surface area contributed by atoms with Crippen molar-refractivity contribution in [3.63, 3.8) is 0 Å². The highest BCUT2D eigenvalue weighted by molar-refractivity contribution is 5.74. The van der Waals surface area contributed by atoms with Crippen LogP contribution in [0.2, 0.25) is 0 Å². The predicted octanol–water partition coefficient (Wildman–Crippen LogP) is 3.91. The number of amides is 2. The average Bonchev–Trinajstić information content (AvgIpc) is 2.77. The second kappa shape index (κ2) is 10.6. The fourth-order valence-corrected chi connectivity index (χ4v) is 4.39. The standard InChI is InChI=1S/C25H35N3O4/c1-16(2)26-25(29)27-17(3)24-21-14-23(32-6)22(31-5)13-19(21)10-11-28(24)15-18-8-7-9-20(12-18)30-4/h7-9,12-14,16-17,24H,10-11,15H2,1-6H3,(H2,26,27,29)/t17-,24-/m0/s1. The molecule has 0 saturated heterocycles. The second-order valence-electron chi connectivity index (χ2n) is 8.48. The molecule has 0 aromatic heterocycles. The highest BCUT2D eigenvalue weighted by Crippen LogP contribution is 2.40. The van der Waals surface area contributed by atoms with Crippen LogP contribution in [-0.2, 0) is 13.0 Å². The van der Waals surface area contributed by atoms with Crippen LogP contribution in [-0.4, -0.2) is 50.9 Å². The van der Waals surface area contributed by atoms with Crippen LogP contribution in [0.1, 0.15) is 43.5 Å². The summed E-state index contributed by atoms with van der Waals surface area (Å²) in [5, 5.41) is 6.07. The quantitative estimate of drug-likeness (QED) is 0.650. The van der Waals surface area contributed by atoms with Gasteiger partial charge < -0.3 is 24.8 Å². The number of rotatable bonds is 8. The number of carbonyl (C=O) groups is 1. The van der Waals surface area contributed by atoms with Crippen molar-refractivity contribution in [2.75, 3.05) is 27.9 Å². The summed E-state index contributed by atoms with van der Waals surface area (Å²) in [6, 6.07) is 12.0. The summed E-state index contributed by atoms with van der Waals surface area (Å²) in [5.41, 5.74) is 3.53. The van der Waals surface area contributed by atoms with E-state index in [0.717, 1.165) is 42.1 Å². The molecule has 0 aliphatic carbocycles. The van der Waals surface area contributed by atoms with Crippen LogP contribution in [0.25, 0.3) is 0 Å². The monoisotopic (exact) mass is 441 g/mol. The Hall–Kier alpha value is -2.93. The number of benzene rings is 2. The number of carbonyl (C=O) groups excluding carboxylic acids is 1. The molecule has 0 spiro atoms. The van der Waals surface area contributed by atoms with Gasteiger partial charge in [-0.25, -0.2) is 4.79 Å². The van der Waals surface area contributed by atoms with E-state index in [0.29, 0.717) is 5.75 Å². The van der Waals surface area contributed by atoms with Gasteiger partial charge in [0.25, 0.3) is 0 Å². The predicted molar refractivity (Wildman–Crippen MR) is 126 cm³/mol. The van der Waals surface area contributed by atoms with E-state index in [-0.39, 0.29) is 24.2 Å². The first-order chi connectivity index (χ1) is 15.4. The van der Waals surface area contributed by atoms with Gasteiger partial charge in [0.15, 0.2) is 11.5 Å². The van der Waals surface area contributed by atoms with Crippen LogP contribution in [0.3, 0.4) is 0 Å². The molecule has 7 nitrogen and oxygen atoms in total. The summed E-state index contributed by atoms with van der Waals surface area (Å²) in [7, 11) is 4.98. The molecule has 0 unspecified atom stereocenters. The van der Waals surface area contributed by atoms with Crippen molar-refractivity contribution in [2.24, 2.45) is 0 Å². The molecule has 0 saturated carbocycles. The van der Waals surface area contributed by atoms with Crippen LogP contribution >= 0.6 is 0 Å². The zero-order valence-electron chi connectivity index (χ0n) is 19.9. The van der Waals surface area contributed by atoms with Crippen molar-refractivity contribution >= 4 is 6.03 Å². The number of methoxy groups -OCH3 is 3. The van der Waals surface area contributed by atoms with Gasteiger partial charge in [-0.2, -0.15) is 0 Å². The van der Waals surface area contributed by atoms with Crippen molar-refractivity contribution in [3.8, 4) is 17.2 Å². The Labute approximate surface area is 191 Å². The molecule has 2 aromatic carbocycles. The van der Waals surface area contributed by atoms with Crippen LogP contribution in [0, 0.1) is 0 Å². The Kier molecular flexibility index (Phi) is 7.85. The molecule has 2 amide bonds. The van der Waals surface area contributed by atoms with E-state index in [4.69, 9.17) is 14.2 Å². The number of ether oxygens (including phenoxy) is 3. The SMILES string of the molecule is COc1cccc(CN2CCc3cc(OC)c(OC)cc3[C@@H]2[C@H](C)NC(=O)NC(C)C)c1. The topological polar surface area (TPSA) is 72.1 Å². The molecular weight excluding hydrogens is 406 g/mol. The number of hydrogen-bond donors (Lipinski definition) is 2. The van der Waals surface area contributed by atoms with Gasteiger partial charge in [-0.05, 0) is 68.1 Å². The molecule has 0 fully saturated rings. The highest BCUT2D eigenvalue weighted by atomic mass is 16.5. The maximum Gasteiger partial charge on any atom is 0.315 e. The van der Waals surface area contributed by atoms with Crippen molar-refractivity contribution in [1.29, 1.82) is 0 Å². The Balaban J connectivity index is 1.96. The van der Waals surface area contributed by atoms with Gasteiger partial charge >= 0.3 is 6.03 Å². The first kappa shape index (κ1) is 23.7. The summed E-state index contributed by atoms with van der Waals surface area (Å²) >= 11 is 0. The smallest absolute Gasteiger partial charge is 0.315 e. The fraction of sp³-hybridized carbons (Fsp3) is 0.480. The summed E-state index contributed by atoms with van der Waals surface area (Å²) in [6.07, 6.45) is 0.890. The third-order valence-corrected chi connectivity index (χ3v) is 5.80. The lowest BCUT2D eigenvalue weighted by Gasteiger charge is -2.41. The third-order valence-electron chi connectivity index (χ3n) is 5.80. The molecule has 174 valence electrons. The van der Waals surface area contributed by atoms with E-state index in [1.54, 1.807) is 21.3 Å². The lowest BCUT2D eigenvalue weighted by Crippen LogP contribution is -2.50. The molecule has 1 aliphatic rings. The Bertz CT molecular complexity index is 931. The first-order valence-electron chi connectivity index (χ1n) is 11.0. The van der Waals surface area contributed by atoms with Gasteiger partial charge in [-0.3, -0.25) is 4.90 Å². The van der Waals surface area contributed by atoms with E-state index in [9.17, 15) is 4.79 Å². The van der Waals surface area contributed by atoms with Crippen LogP contribution in [0.15, 0.2) is 36.4 Å². The fourth-order valence-electron chi connectivity index (χ4n) is 4.39. The maximum atomic E-state index is 12.5. The Morgan fingerprint density at radius 2 is 1.75 bits per heavy atom. The molecule has 1 heterocycles. The molecule has 0 bridgehead atoms. The van der Waals surface area contributed by atoms with Gasteiger partial charge in [0.2, 0.25) is 0 Å². The average molecular weight is 442 g/mol. The van der Waals surface area contributed by atoms with Gasteiger partial charge in [0.1, 0.15) is 5.75 Å². The van der Waals surface area contributed by atoms with Crippen molar-refractivity contribution < 1.29 is 19.0 Å². The van der Waals surface area contributed by atoms with Gasteiger partial charge in [0.05, 0.1) is 27.4 Å². The Morgan fingerprint density at radius 1 is 1.03 bits per heavy atom. The normalized spacial score (nSPS) is 16.8. The molecule has 32 heavy (non-hydrogen) atoms. The van der Waals surface area contributed by atoms with Crippen LogP contribution in [0.4, 0.5) is 4.79 Å². The lowest BCUT2D eigenvalue weighted by atomic mass is 9.87. The molecule has 2 atom stereocenters. The van der Waals surface area contributed by atoms with E-state index >= 15 is 0 Å². The van der Waals surface area contributed by atoms with E-state index in [1.165, 1.54) is 5.56 Å². The number of nitrogens with one attached hydrogen (secondary N) is 2. The molecule has 2 N–H and O–H groups in total. The summed E-state index contributed by atoms with van der Waals surface area (Å²) in [6.45, 7) is 7.56. The van der Waals surface area contributed by atoms with Crippen molar-refractivity contribution in [3.05, 3.63) is 53.1 Å². The second-order valence-corrected chi connectivity index (χ2v) is 8.48. The number of nitrogens with zero attached hydrogens (tertiary/aromatic N) is 1. The zero-order chi connectivity index (χ0) is 23.3. The third kappa shape index (κ3) is 5.46. The lowest BCUT2D eigenvalue weighted by molar-refractivity contribution is 0.143. The van der Waals surface area contributed by atoms with E-state index in [2.05, 4.69) is 46.7 Å². The summed E-state index contributed by atoms with van der Waals surface area (Å²) in [4.78, 5) is 14.9. The van der Waals surface area contributed by atoms with Gasteiger partial charge in [-0.15, -0.1) is 0 Å². The largest absolute Gasteiger partial charge is 0.497 e. The van der Waals surface area contributed by atoms with Crippen LogP contribution in [0.5, 0.6) is 17.2 Å². The zero-order valence-corrected chi connectivity index (χ0v) is 19.9. The van der Waals surface area contributed by atoms with E-state index in [1.807, 2.05) is 26.0 Å². The van der Waals surface area contributed by atoms with Crippen molar-refractivity contribution in [1.82, 2.24) is 15.5 Å². The molecular formula is C25H35N3O4. The molecule has 0 radical (unpaired) electrons. The number of urea groups is 1. The van der Waals surface area contributed by atoms with Crippen LogP contribution < -0.4 is 24.8 Å². The molecule has 2 aromatic rings. The van der Waals surface area contributed by atoms with Crippen molar-refractivity contribution in [2.45, 2.75) is 51.9 Å². The molecule has 7 heteroatoms. The Morgan fingerprint density at radius 3 is 2.41 bits per heavy atom. The first-order valence-corrected chi connectivity index (χ1v) is 11.0. The highest BCUT2D eigenvalue weighted by Gasteiger charge is 2.34. The van der Waals surface area contributed by atoms with E-state index < -0.39 is 0 Å². The van der Waals surface area contributed by atoms with Gasteiger partial charge in [0, 0.05) is 25.2 Å². The number of hydrogen-bond acceptors (Lipinski definition) is 5. The maximum absolute atomic E-state index is 12.5. The summed E-state index contributed by atoms with van der Waals surface area (Å²) < 4.78 is 16.5.